The summed E-state index contributed by atoms with van der Waals surface area (Å²) in [5.74, 6) is 0.571. The topological polar surface area (TPSA) is 71.1 Å². The molecule has 2 N–H and O–H groups in total. The van der Waals surface area contributed by atoms with Gasteiger partial charge in [-0.25, -0.2) is 4.98 Å². The van der Waals surface area contributed by atoms with Crippen molar-refractivity contribution in [3.63, 3.8) is 0 Å². The number of hydrogen-bond donors (Lipinski definition) is 2. The van der Waals surface area contributed by atoms with Gasteiger partial charge in [0.05, 0.1) is 10.2 Å². The van der Waals surface area contributed by atoms with E-state index >= 15 is 0 Å². The van der Waals surface area contributed by atoms with Gasteiger partial charge in [0.2, 0.25) is 11.8 Å². The molecule has 0 bridgehead atoms. The van der Waals surface area contributed by atoms with Gasteiger partial charge < -0.3 is 10.6 Å². The van der Waals surface area contributed by atoms with Crippen molar-refractivity contribution in [1.82, 2.24) is 4.98 Å². The Morgan fingerprint density at radius 1 is 1.17 bits per heavy atom. The fourth-order valence-corrected chi connectivity index (χ4v) is 4.05. The molecule has 128 valence electrons. The normalized spacial score (nSPS) is 15.4. The Morgan fingerprint density at radius 2 is 1.96 bits per heavy atom. The largest absolute Gasteiger partial charge is 0.326 e. The van der Waals surface area contributed by atoms with E-state index in [9.17, 15) is 9.59 Å². The lowest BCUT2D eigenvalue weighted by Crippen LogP contribution is -2.18. The third kappa shape index (κ3) is 4.32. The summed E-state index contributed by atoms with van der Waals surface area (Å²) in [6, 6.07) is 5.67. The Hall–Kier alpha value is -1.95. The summed E-state index contributed by atoms with van der Waals surface area (Å²) in [6.07, 6.45) is 7.17. The van der Waals surface area contributed by atoms with Crippen molar-refractivity contribution >= 4 is 44.2 Å². The number of nitrogens with one attached hydrogen (secondary N) is 2. The van der Waals surface area contributed by atoms with Crippen LogP contribution in [-0.2, 0) is 9.59 Å². The fourth-order valence-electron chi connectivity index (χ4n) is 3.13. The Kier molecular flexibility index (Phi) is 5.45. The van der Waals surface area contributed by atoms with Crippen LogP contribution in [-0.4, -0.2) is 16.8 Å². The summed E-state index contributed by atoms with van der Waals surface area (Å²) in [6.45, 7) is 1.81. The van der Waals surface area contributed by atoms with E-state index in [0.717, 1.165) is 15.9 Å². The van der Waals surface area contributed by atoms with E-state index in [1.807, 2.05) is 25.1 Å². The molecule has 3 rings (SSSR count). The van der Waals surface area contributed by atoms with E-state index < -0.39 is 0 Å². The van der Waals surface area contributed by atoms with Gasteiger partial charge in [-0.3, -0.25) is 9.59 Å². The van der Waals surface area contributed by atoms with Crippen molar-refractivity contribution in [3.05, 3.63) is 18.2 Å². The molecule has 1 heterocycles. The molecule has 1 aliphatic rings. The van der Waals surface area contributed by atoms with Crippen LogP contribution in [0.2, 0.25) is 0 Å². The fraction of sp³-hybridized carbons (Fsp3) is 0.500. The molecule has 1 aromatic heterocycles. The van der Waals surface area contributed by atoms with Gasteiger partial charge in [0.15, 0.2) is 5.13 Å². The molecule has 0 saturated heterocycles. The molecule has 24 heavy (non-hydrogen) atoms. The predicted molar refractivity (Wildman–Crippen MR) is 98.4 cm³/mol. The highest BCUT2D eigenvalue weighted by atomic mass is 32.1. The van der Waals surface area contributed by atoms with Crippen LogP contribution in [0, 0.1) is 5.92 Å². The quantitative estimate of drug-likeness (QED) is 0.835. The van der Waals surface area contributed by atoms with Crippen molar-refractivity contribution in [1.29, 1.82) is 0 Å². The Labute approximate surface area is 145 Å². The summed E-state index contributed by atoms with van der Waals surface area (Å²) in [4.78, 5) is 28.1. The molecule has 2 amide bonds. The Balaban J connectivity index is 1.64. The highest BCUT2D eigenvalue weighted by molar-refractivity contribution is 7.22. The first-order chi connectivity index (χ1) is 11.6. The highest BCUT2D eigenvalue weighted by Crippen LogP contribution is 2.29. The van der Waals surface area contributed by atoms with E-state index in [1.165, 1.54) is 43.4 Å². The second-order valence-corrected chi connectivity index (χ2v) is 7.39. The number of amides is 2. The van der Waals surface area contributed by atoms with Gasteiger partial charge in [0.25, 0.3) is 0 Å². The third-order valence-electron chi connectivity index (χ3n) is 4.44. The first kappa shape index (κ1) is 16.9. The first-order valence-corrected chi connectivity index (χ1v) is 9.46. The van der Waals surface area contributed by atoms with Crippen molar-refractivity contribution in [2.24, 2.45) is 5.92 Å². The average Bonchev–Trinajstić information content (AvgIpc) is 2.97. The molecule has 1 fully saturated rings. The van der Waals surface area contributed by atoms with Gasteiger partial charge in [0.1, 0.15) is 0 Å². The minimum absolute atomic E-state index is 0.0462. The molecule has 5 nitrogen and oxygen atoms in total. The molecular formula is C18H23N3O2S. The van der Waals surface area contributed by atoms with E-state index in [1.54, 1.807) is 0 Å². The van der Waals surface area contributed by atoms with Gasteiger partial charge in [-0.05, 0) is 37.0 Å². The van der Waals surface area contributed by atoms with E-state index in [2.05, 4.69) is 15.6 Å². The smallest absolute Gasteiger partial charge is 0.225 e. The Bertz CT molecular complexity index is 735. The van der Waals surface area contributed by atoms with Gasteiger partial charge >= 0.3 is 0 Å². The van der Waals surface area contributed by atoms with Crippen LogP contribution in [0.25, 0.3) is 10.2 Å². The number of nitrogens with zero attached hydrogens (tertiary/aromatic N) is 1. The Morgan fingerprint density at radius 3 is 2.71 bits per heavy atom. The number of hydrogen-bond acceptors (Lipinski definition) is 4. The van der Waals surface area contributed by atoms with Crippen molar-refractivity contribution in [3.8, 4) is 0 Å². The van der Waals surface area contributed by atoms with Crippen LogP contribution >= 0.6 is 11.3 Å². The highest BCUT2D eigenvalue weighted by Gasteiger charge is 2.17. The number of rotatable bonds is 5. The maximum Gasteiger partial charge on any atom is 0.225 e. The number of fused-ring (bicyclic) bond motifs is 1. The zero-order valence-electron chi connectivity index (χ0n) is 13.9. The van der Waals surface area contributed by atoms with Gasteiger partial charge in [-0.15, -0.1) is 0 Å². The molecule has 1 aromatic carbocycles. The number of carbonyl (C=O) groups excluding carboxylic acids is 2. The average molecular weight is 345 g/mol. The first-order valence-electron chi connectivity index (χ1n) is 8.64. The lowest BCUT2D eigenvalue weighted by Gasteiger charge is -2.20. The zero-order valence-corrected chi connectivity index (χ0v) is 14.7. The zero-order chi connectivity index (χ0) is 16.9. The molecule has 0 aliphatic heterocycles. The van der Waals surface area contributed by atoms with E-state index in [4.69, 9.17) is 0 Å². The molecule has 6 heteroatoms. The lowest BCUT2D eigenvalue weighted by atomic mass is 9.87. The maximum atomic E-state index is 12.2. The molecule has 0 spiro atoms. The van der Waals surface area contributed by atoms with Crippen LogP contribution in [0.4, 0.5) is 10.8 Å². The lowest BCUT2D eigenvalue weighted by molar-refractivity contribution is -0.117. The van der Waals surface area contributed by atoms with Crippen molar-refractivity contribution in [2.75, 3.05) is 10.6 Å². The third-order valence-corrected chi connectivity index (χ3v) is 5.37. The summed E-state index contributed by atoms with van der Waals surface area (Å²) in [7, 11) is 0. The predicted octanol–water partition coefficient (Wildman–Crippen LogP) is 4.55. The number of aromatic nitrogens is 1. The molecule has 1 saturated carbocycles. The van der Waals surface area contributed by atoms with Crippen LogP contribution in [0.3, 0.4) is 0 Å². The van der Waals surface area contributed by atoms with Crippen LogP contribution < -0.4 is 10.6 Å². The molecular weight excluding hydrogens is 322 g/mol. The summed E-state index contributed by atoms with van der Waals surface area (Å²) >= 11 is 1.42. The number of benzene rings is 1. The van der Waals surface area contributed by atoms with E-state index in [0.29, 0.717) is 23.9 Å². The van der Waals surface area contributed by atoms with Gasteiger partial charge in [-0.1, -0.05) is 37.5 Å². The number of thiazole rings is 1. The SMILES string of the molecule is CCC(=O)Nc1nc2ccc(NC(=O)CC3CCCCC3)cc2s1. The minimum Gasteiger partial charge on any atom is -0.326 e. The maximum absolute atomic E-state index is 12.2. The molecule has 0 atom stereocenters. The molecule has 0 radical (unpaired) electrons. The van der Waals surface area contributed by atoms with Gasteiger partial charge in [0, 0.05) is 18.5 Å². The van der Waals surface area contributed by atoms with Gasteiger partial charge in [-0.2, -0.15) is 0 Å². The van der Waals surface area contributed by atoms with Crippen molar-refractivity contribution in [2.45, 2.75) is 51.9 Å². The monoisotopic (exact) mass is 345 g/mol. The number of carbonyl (C=O) groups is 2. The minimum atomic E-state index is -0.0462. The standard InChI is InChI=1S/C18H23N3O2S/c1-2-16(22)21-18-20-14-9-8-13(11-15(14)24-18)19-17(23)10-12-6-4-3-5-7-12/h8-9,11-12H,2-7,10H2,1H3,(H,19,23)(H,20,21,22). The summed E-state index contributed by atoms with van der Waals surface area (Å²) < 4.78 is 0.955. The second-order valence-electron chi connectivity index (χ2n) is 6.36. The number of anilines is 2. The molecule has 2 aromatic rings. The van der Waals surface area contributed by atoms with E-state index in [-0.39, 0.29) is 11.8 Å². The van der Waals surface area contributed by atoms with Crippen molar-refractivity contribution < 1.29 is 9.59 Å². The van der Waals surface area contributed by atoms with Crippen LogP contribution in [0.15, 0.2) is 18.2 Å². The summed E-state index contributed by atoms with van der Waals surface area (Å²) in [5.41, 5.74) is 1.62. The summed E-state index contributed by atoms with van der Waals surface area (Å²) in [5, 5.41) is 6.37. The molecule has 0 unspecified atom stereocenters. The van der Waals surface area contributed by atoms with Crippen LogP contribution in [0.1, 0.15) is 51.9 Å². The second kappa shape index (κ2) is 7.75. The molecule has 1 aliphatic carbocycles. The van der Waals surface area contributed by atoms with Crippen LogP contribution in [0.5, 0.6) is 0 Å².